The number of rotatable bonds is 2. The molecule has 0 bridgehead atoms. The Balaban J connectivity index is 0.00000121. The summed E-state index contributed by atoms with van der Waals surface area (Å²) >= 11 is 0. The summed E-state index contributed by atoms with van der Waals surface area (Å²) in [6, 6.07) is 2.92. The van der Waals surface area contributed by atoms with Crippen LogP contribution in [0.1, 0.15) is 10.4 Å². The standard InChI is InChI=1S/C7H8N2O2.ClH/c1-8-6-4-5(7(10)11)2-3-9-6;/h2-4H,1H3,(H,8,9)(H,10,11);1H. The van der Waals surface area contributed by atoms with E-state index in [9.17, 15) is 4.79 Å². The van der Waals surface area contributed by atoms with Gasteiger partial charge in [0.2, 0.25) is 0 Å². The van der Waals surface area contributed by atoms with Gasteiger partial charge in [0, 0.05) is 13.2 Å². The highest BCUT2D eigenvalue weighted by atomic mass is 35.5. The van der Waals surface area contributed by atoms with Gasteiger partial charge in [0.1, 0.15) is 5.82 Å². The van der Waals surface area contributed by atoms with Gasteiger partial charge in [0.05, 0.1) is 5.56 Å². The van der Waals surface area contributed by atoms with Crippen molar-refractivity contribution in [1.82, 2.24) is 4.98 Å². The Morgan fingerprint density at radius 2 is 2.33 bits per heavy atom. The highest BCUT2D eigenvalue weighted by Crippen LogP contribution is 2.04. The summed E-state index contributed by atoms with van der Waals surface area (Å²) in [6.07, 6.45) is 1.45. The molecule has 1 rings (SSSR count). The minimum atomic E-state index is -0.941. The normalized spacial score (nSPS) is 8.42. The first-order chi connectivity index (χ1) is 5.24. The van der Waals surface area contributed by atoms with E-state index in [1.54, 1.807) is 7.05 Å². The molecule has 12 heavy (non-hydrogen) atoms. The van der Waals surface area contributed by atoms with Crippen molar-refractivity contribution >= 4 is 24.2 Å². The van der Waals surface area contributed by atoms with E-state index < -0.39 is 5.97 Å². The van der Waals surface area contributed by atoms with Gasteiger partial charge in [-0.05, 0) is 12.1 Å². The number of nitrogens with zero attached hydrogens (tertiary/aromatic N) is 1. The monoisotopic (exact) mass is 188 g/mol. The number of halogens is 1. The maximum atomic E-state index is 10.4. The van der Waals surface area contributed by atoms with Crippen molar-refractivity contribution in [2.24, 2.45) is 0 Å². The first kappa shape index (κ1) is 10.7. The van der Waals surface area contributed by atoms with Crippen LogP contribution in [0.2, 0.25) is 0 Å². The van der Waals surface area contributed by atoms with E-state index in [1.165, 1.54) is 18.3 Å². The highest BCUT2D eigenvalue weighted by Gasteiger charge is 2.01. The Labute approximate surface area is 76.0 Å². The molecule has 1 aromatic heterocycles. The van der Waals surface area contributed by atoms with Crippen LogP contribution < -0.4 is 5.32 Å². The van der Waals surface area contributed by atoms with E-state index in [1.807, 2.05) is 0 Å². The van der Waals surface area contributed by atoms with Crippen LogP contribution in [0.25, 0.3) is 0 Å². The average Bonchev–Trinajstić information content (AvgIpc) is 2.05. The minimum Gasteiger partial charge on any atom is -0.478 e. The summed E-state index contributed by atoms with van der Waals surface area (Å²) in [5.41, 5.74) is 0.240. The second kappa shape index (κ2) is 4.56. The van der Waals surface area contributed by atoms with Gasteiger partial charge in [0.25, 0.3) is 0 Å². The second-order valence-corrected chi connectivity index (χ2v) is 1.98. The molecule has 1 heterocycles. The van der Waals surface area contributed by atoms with E-state index in [0.717, 1.165) is 0 Å². The van der Waals surface area contributed by atoms with Crippen LogP contribution in [0.5, 0.6) is 0 Å². The predicted molar refractivity (Wildman–Crippen MR) is 48.0 cm³/mol. The van der Waals surface area contributed by atoms with E-state index in [4.69, 9.17) is 5.11 Å². The van der Waals surface area contributed by atoms with Gasteiger partial charge in [-0.2, -0.15) is 0 Å². The maximum Gasteiger partial charge on any atom is 0.335 e. The fourth-order valence-corrected chi connectivity index (χ4v) is 0.700. The number of aromatic nitrogens is 1. The van der Waals surface area contributed by atoms with Gasteiger partial charge < -0.3 is 10.4 Å². The van der Waals surface area contributed by atoms with Gasteiger partial charge in [-0.15, -0.1) is 12.4 Å². The van der Waals surface area contributed by atoms with Gasteiger partial charge in [0.15, 0.2) is 0 Å². The third-order valence-corrected chi connectivity index (χ3v) is 1.26. The molecule has 0 aliphatic carbocycles. The molecule has 4 nitrogen and oxygen atoms in total. The Morgan fingerprint density at radius 3 is 2.83 bits per heavy atom. The Hall–Kier alpha value is -1.29. The third-order valence-electron chi connectivity index (χ3n) is 1.26. The second-order valence-electron chi connectivity index (χ2n) is 1.98. The van der Waals surface area contributed by atoms with Crippen molar-refractivity contribution in [3.8, 4) is 0 Å². The summed E-state index contributed by atoms with van der Waals surface area (Å²) in [6.45, 7) is 0. The lowest BCUT2D eigenvalue weighted by Crippen LogP contribution is -1.99. The zero-order valence-electron chi connectivity index (χ0n) is 6.44. The lowest BCUT2D eigenvalue weighted by atomic mass is 10.3. The fraction of sp³-hybridized carbons (Fsp3) is 0.143. The molecule has 0 saturated heterocycles. The van der Waals surface area contributed by atoms with E-state index in [2.05, 4.69) is 10.3 Å². The number of hydrogen-bond donors (Lipinski definition) is 2. The molecular formula is C7H9ClN2O2. The molecule has 0 unspecified atom stereocenters. The largest absolute Gasteiger partial charge is 0.478 e. The van der Waals surface area contributed by atoms with E-state index in [-0.39, 0.29) is 18.0 Å². The first-order valence-corrected chi connectivity index (χ1v) is 3.11. The molecule has 0 atom stereocenters. The molecule has 0 amide bonds. The van der Waals surface area contributed by atoms with Gasteiger partial charge in [-0.25, -0.2) is 9.78 Å². The zero-order chi connectivity index (χ0) is 8.27. The maximum absolute atomic E-state index is 10.4. The smallest absolute Gasteiger partial charge is 0.335 e. The SMILES string of the molecule is CNc1cc(C(=O)O)ccn1.Cl. The number of nitrogens with one attached hydrogen (secondary N) is 1. The number of carboxylic acids is 1. The van der Waals surface area contributed by atoms with Crippen molar-refractivity contribution in [3.05, 3.63) is 23.9 Å². The lowest BCUT2D eigenvalue weighted by molar-refractivity contribution is 0.0697. The summed E-state index contributed by atoms with van der Waals surface area (Å²) in [5, 5.41) is 11.3. The van der Waals surface area contributed by atoms with E-state index in [0.29, 0.717) is 5.82 Å². The topological polar surface area (TPSA) is 62.2 Å². The van der Waals surface area contributed by atoms with Crippen molar-refractivity contribution in [2.45, 2.75) is 0 Å². The summed E-state index contributed by atoms with van der Waals surface area (Å²) in [5.74, 6) is -0.381. The number of carbonyl (C=O) groups is 1. The fourth-order valence-electron chi connectivity index (χ4n) is 0.700. The van der Waals surface area contributed by atoms with Gasteiger partial charge in [-0.1, -0.05) is 0 Å². The summed E-state index contributed by atoms with van der Waals surface area (Å²) < 4.78 is 0. The molecule has 0 aromatic carbocycles. The number of hydrogen-bond acceptors (Lipinski definition) is 3. The molecule has 2 N–H and O–H groups in total. The van der Waals surface area contributed by atoms with Crippen LogP contribution in [-0.2, 0) is 0 Å². The molecule has 0 radical (unpaired) electrons. The summed E-state index contributed by atoms with van der Waals surface area (Å²) in [4.78, 5) is 14.3. The minimum absolute atomic E-state index is 0. The Bertz CT molecular complexity index is 278. The first-order valence-electron chi connectivity index (χ1n) is 3.11. The van der Waals surface area contributed by atoms with Crippen LogP contribution >= 0.6 is 12.4 Å². The molecule has 0 saturated carbocycles. The van der Waals surface area contributed by atoms with Crippen molar-refractivity contribution in [2.75, 3.05) is 12.4 Å². The Morgan fingerprint density at radius 1 is 1.67 bits per heavy atom. The number of aromatic carboxylic acids is 1. The van der Waals surface area contributed by atoms with Crippen LogP contribution in [0.4, 0.5) is 5.82 Å². The molecule has 1 aromatic rings. The zero-order valence-corrected chi connectivity index (χ0v) is 7.26. The van der Waals surface area contributed by atoms with Crippen LogP contribution in [0, 0.1) is 0 Å². The number of carboxylic acid groups (broad SMARTS) is 1. The van der Waals surface area contributed by atoms with Crippen LogP contribution in [0.3, 0.4) is 0 Å². The van der Waals surface area contributed by atoms with Gasteiger partial charge in [-0.3, -0.25) is 0 Å². The van der Waals surface area contributed by atoms with Gasteiger partial charge >= 0.3 is 5.97 Å². The molecule has 66 valence electrons. The molecule has 0 aliphatic rings. The lowest BCUT2D eigenvalue weighted by Gasteiger charge is -1.98. The molecule has 5 heteroatoms. The van der Waals surface area contributed by atoms with Crippen molar-refractivity contribution < 1.29 is 9.90 Å². The molecular weight excluding hydrogens is 180 g/mol. The average molecular weight is 189 g/mol. The van der Waals surface area contributed by atoms with Crippen molar-refractivity contribution in [3.63, 3.8) is 0 Å². The number of pyridine rings is 1. The molecule has 0 aliphatic heterocycles. The van der Waals surface area contributed by atoms with Crippen LogP contribution in [-0.4, -0.2) is 23.1 Å². The predicted octanol–water partition coefficient (Wildman–Crippen LogP) is 1.24. The quantitative estimate of drug-likeness (QED) is 0.733. The van der Waals surface area contributed by atoms with E-state index >= 15 is 0 Å². The highest BCUT2D eigenvalue weighted by molar-refractivity contribution is 5.88. The molecule has 0 spiro atoms. The number of anilines is 1. The third kappa shape index (κ3) is 2.39. The summed E-state index contributed by atoms with van der Waals surface area (Å²) in [7, 11) is 1.69. The van der Waals surface area contributed by atoms with Crippen molar-refractivity contribution in [1.29, 1.82) is 0 Å². The van der Waals surface area contributed by atoms with Crippen LogP contribution in [0.15, 0.2) is 18.3 Å². The Kier molecular flexibility index (Phi) is 4.07. The molecule has 0 fully saturated rings.